The van der Waals surface area contributed by atoms with Crippen molar-refractivity contribution >= 4 is 29.6 Å². The van der Waals surface area contributed by atoms with Gasteiger partial charge in [0.15, 0.2) is 0 Å². The van der Waals surface area contributed by atoms with Crippen LogP contribution in [0.15, 0.2) is 42.9 Å². The smallest absolute Gasteiger partial charge is 0.326 e. The van der Waals surface area contributed by atoms with Gasteiger partial charge in [-0.3, -0.25) is 19.2 Å². The fraction of sp³-hybridized carbons (Fsp3) is 0.462. The van der Waals surface area contributed by atoms with E-state index in [0.29, 0.717) is 37.1 Å². The number of hydrogen-bond donors (Lipinski definition) is 8. The Hall–Kier alpha value is -4.30. The summed E-state index contributed by atoms with van der Waals surface area (Å²) >= 11 is 0. The van der Waals surface area contributed by atoms with Crippen molar-refractivity contribution in [1.29, 1.82) is 0 Å². The molecule has 218 valence electrons. The van der Waals surface area contributed by atoms with Crippen LogP contribution in [0.5, 0.6) is 0 Å². The van der Waals surface area contributed by atoms with Crippen molar-refractivity contribution in [3.8, 4) is 0 Å². The summed E-state index contributed by atoms with van der Waals surface area (Å²) in [6.45, 7) is 0.468. The van der Waals surface area contributed by atoms with E-state index < -0.39 is 53.8 Å². The van der Waals surface area contributed by atoms with Crippen molar-refractivity contribution in [2.45, 2.75) is 69.1 Å². The van der Waals surface area contributed by atoms with E-state index in [1.54, 1.807) is 30.3 Å². The van der Waals surface area contributed by atoms with Crippen molar-refractivity contribution in [1.82, 2.24) is 25.9 Å². The molecule has 14 heteroatoms. The molecule has 0 aliphatic rings. The van der Waals surface area contributed by atoms with Crippen molar-refractivity contribution < 1.29 is 29.1 Å². The number of aromatic amines is 1. The molecule has 0 aliphatic carbocycles. The number of H-pyrrole nitrogens is 1. The first-order chi connectivity index (χ1) is 19.1. The van der Waals surface area contributed by atoms with Gasteiger partial charge in [0.2, 0.25) is 23.6 Å². The van der Waals surface area contributed by atoms with E-state index in [4.69, 9.17) is 17.2 Å². The molecule has 4 atom stereocenters. The molecule has 0 bridgehead atoms. The van der Waals surface area contributed by atoms with Gasteiger partial charge in [0.05, 0.1) is 12.4 Å². The molecule has 0 aliphatic heterocycles. The summed E-state index contributed by atoms with van der Waals surface area (Å²) in [7, 11) is 0. The van der Waals surface area contributed by atoms with Crippen LogP contribution in [0, 0.1) is 0 Å². The number of imidazole rings is 1. The zero-order valence-electron chi connectivity index (χ0n) is 22.2. The molecule has 2 aromatic rings. The summed E-state index contributed by atoms with van der Waals surface area (Å²) in [6.07, 6.45) is 4.23. The second kappa shape index (κ2) is 16.6. The Morgan fingerprint density at radius 1 is 0.875 bits per heavy atom. The summed E-state index contributed by atoms with van der Waals surface area (Å²) in [5.41, 5.74) is 17.9. The monoisotopic (exact) mass is 558 g/mol. The second-order valence-electron chi connectivity index (χ2n) is 9.39. The first-order valence-electron chi connectivity index (χ1n) is 13.0. The molecule has 0 fully saturated rings. The zero-order chi connectivity index (χ0) is 29.5. The normalized spacial score (nSPS) is 13.8. The van der Waals surface area contributed by atoms with Gasteiger partial charge in [0.1, 0.15) is 18.1 Å². The second-order valence-corrected chi connectivity index (χ2v) is 9.39. The molecule has 1 aromatic heterocycles. The van der Waals surface area contributed by atoms with E-state index in [2.05, 4.69) is 25.9 Å². The quantitative estimate of drug-likeness (QED) is 0.0985. The highest BCUT2D eigenvalue weighted by Gasteiger charge is 2.31. The number of rotatable bonds is 18. The molecule has 0 radical (unpaired) electrons. The molecule has 0 saturated heterocycles. The maximum atomic E-state index is 13.5. The number of aromatic nitrogens is 2. The van der Waals surface area contributed by atoms with Crippen LogP contribution in [-0.4, -0.2) is 75.4 Å². The molecule has 1 heterocycles. The van der Waals surface area contributed by atoms with Gasteiger partial charge in [0.25, 0.3) is 0 Å². The Morgan fingerprint density at radius 2 is 1.50 bits per heavy atom. The average Bonchev–Trinajstić information content (AvgIpc) is 3.43. The van der Waals surface area contributed by atoms with Crippen LogP contribution in [0.25, 0.3) is 0 Å². The number of nitrogens with two attached hydrogens (primary N) is 3. The van der Waals surface area contributed by atoms with Crippen LogP contribution in [0.1, 0.15) is 43.4 Å². The van der Waals surface area contributed by atoms with E-state index in [0.717, 1.165) is 0 Å². The predicted octanol–water partition coefficient (Wildman–Crippen LogP) is -1.54. The molecule has 4 amide bonds. The molecular formula is C26H38N8O6. The molecule has 14 nitrogen and oxygen atoms in total. The summed E-state index contributed by atoms with van der Waals surface area (Å²) in [5.74, 6) is -4.07. The molecule has 11 N–H and O–H groups in total. The summed E-state index contributed by atoms with van der Waals surface area (Å²) < 4.78 is 0. The number of carbonyl (C=O) groups is 5. The third kappa shape index (κ3) is 11.2. The van der Waals surface area contributed by atoms with Gasteiger partial charge in [-0.05, 0) is 31.4 Å². The van der Waals surface area contributed by atoms with E-state index in [9.17, 15) is 29.1 Å². The highest BCUT2D eigenvalue weighted by atomic mass is 16.4. The minimum absolute atomic E-state index is 0.0309. The Bertz CT molecular complexity index is 1110. The molecule has 40 heavy (non-hydrogen) atoms. The van der Waals surface area contributed by atoms with Crippen LogP contribution >= 0.6 is 0 Å². The van der Waals surface area contributed by atoms with Gasteiger partial charge in [-0.25, -0.2) is 9.78 Å². The maximum absolute atomic E-state index is 13.5. The number of carboxylic acids is 1. The summed E-state index contributed by atoms with van der Waals surface area (Å²) in [5, 5.41) is 17.2. The lowest BCUT2D eigenvalue weighted by Gasteiger charge is -2.25. The number of nitrogens with zero attached hydrogens (tertiary/aromatic N) is 1. The van der Waals surface area contributed by atoms with E-state index >= 15 is 0 Å². The summed E-state index contributed by atoms with van der Waals surface area (Å²) in [4.78, 5) is 69.1. The van der Waals surface area contributed by atoms with Gasteiger partial charge >= 0.3 is 5.97 Å². The van der Waals surface area contributed by atoms with Crippen LogP contribution in [0.2, 0.25) is 0 Å². The number of benzene rings is 1. The van der Waals surface area contributed by atoms with Gasteiger partial charge in [0, 0.05) is 31.2 Å². The number of carboxylic acid groups (broad SMARTS) is 1. The van der Waals surface area contributed by atoms with E-state index in [1.165, 1.54) is 12.5 Å². The topological polar surface area (TPSA) is 248 Å². The molecule has 0 spiro atoms. The minimum Gasteiger partial charge on any atom is -0.480 e. The first-order valence-corrected chi connectivity index (χ1v) is 13.0. The fourth-order valence-electron chi connectivity index (χ4n) is 3.89. The maximum Gasteiger partial charge on any atom is 0.326 e. The SMILES string of the molecule is NCCCCC(N)C(=O)NC(Cc1cnc[nH]1)C(=O)NC(Cc1ccccc1)C(=O)NC(CCC(N)=O)C(=O)O. The van der Waals surface area contributed by atoms with Gasteiger partial charge in [-0.15, -0.1) is 0 Å². The molecule has 4 unspecified atom stereocenters. The third-order valence-electron chi connectivity index (χ3n) is 6.13. The standard InChI is InChI=1S/C26H38N8O6/c27-11-5-4-8-18(28)23(36)33-21(13-17-14-30-15-31-17)25(38)34-20(12-16-6-2-1-3-7-16)24(37)32-19(26(39)40)9-10-22(29)35/h1-3,6-7,14-15,18-21H,4-5,8-13,27-28H2,(H2,29,35)(H,30,31)(H,32,37)(H,33,36)(H,34,38)(H,39,40). The Morgan fingerprint density at radius 3 is 2.08 bits per heavy atom. The third-order valence-corrected chi connectivity index (χ3v) is 6.13. The van der Waals surface area contributed by atoms with Gasteiger partial charge in [-0.1, -0.05) is 36.8 Å². The highest BCUT2D eigenvalue weighted by molar-refractivity contribution is 5.94. The number of nitrogens with one attached hydrogen (secondary N) is 4. The van der Waals surface area contributed by atoms with Crippen molar-refractivity contribution in [2.75, 3.05) is 6.54 Å². The first kappa shape index (κ1) is 31.9. The molecule has 1 aromatic carbocycles. The molecule has 2 rings (SSSR count). The van der Waals surface area contributed by atoms with Crippen LogP contribution < -0.4 is 33.2 Å². The molecule has 0 saturated carbocycles. The van der Waals surface area contributed by atoms with E-state index in [1.807, 2.05) is 0 Å². The number of hydrogen-bond acceptors (Lipinski definition) is 8. The highest BCUT2D eigenvalue weighted by Crippen LogP contribution is 2.08. The van der Waals surface area contributed by atoms with Crippen LogP contribution in [0.4, 0.5) is 0 Å². The average molecular weight is 559 g/mol. The Kier molecular flexibility index (Phi) is 13.3. The number of aliphatic carboxylic acids is 1. The number of unbranched alkanes of at least 4 members (excludes halogenated alkanes) is 1. The van der Waals surface area contributed by atoms with Crippen LogP contribution in [-0.2, 0) is 36.8 Å². The minimum atomic E-state index is -1.40. The lowest BCUT2D eigenvalue weighted by molar-refractivity contribution is -0.142. The largest absolute Gasteiger partial charge is 0.480 e. The number of carbonyl (C=O) groups excluding carboxylic acids is 4. The lowest BCUT2D eigenvalue weighted by Crippen LogP contribution is -2.58. The fourth-order valence-corrected chi connectivity index (χ4v) is 3.89. The number of amides is 4. The van der Waals surface area contributed by atoms with Gasteiger partial charge in [-0.2, -0.15) is 0 Å². The Balaban J connectivity index is 2.23. The zero-order valence-corrected chi connectivity index (χ0v) is 22.2. The number of primary amides is 1. The van der Waals surface area contributed by atoms with Crippen LogP contribution in [0.3, 0.4) is 0 Å². The predicted molar refractivity (Wildman–Crippen MR) is 145 cm³/mol. The Labute approximate surface area is 231 Å². The van der Waals surface area contributed by atoms with Crippen molar-refractivity contribution in [2.24, 2.45) is 17.2 Å². The van der Waals surface area contributed by atoms with Crippen molar-refractivity contribution in [3.05, 3.63) is 54.1 Å². The van der Waals surface area contributed by atoms with E-state index in [-0.39, 0.29) is 25.7 Å². The lowest BCUT2D eigenvalue weighted by atomic mass is 10.0. The molecular weight excluding hydrogens is 520 g/mol. The summed E-state index contributed by atoms with van der Waals surface area (Å²) in [6, 6.07) is 4.20. The van der Waals surface area contributed by atoms with Crippen molar-refractivity contribution in [3.63, 3.8) is 0 Å². The van der Waals surface area contributed by atoms with Gasteiger partial charge < -0.3 is 43.2 Å².